The van der Waals surface area contributed by atoms with Crippen LogP contribution in [0.25, 0.3) is 0 Å². The number of carbonyl (C=O) groups is 2. The van der Waals surface area contributed by atoms with E-state index in [2.05, 4.69) is 21.2 Å². The molecule has 0 radical (unpaired) electrons. The number of amides is 2. The fraction of sp³-hybridized carbons (Fsp3) is 0.429. The van der Waals surface area contributed by atoms with E-state index in [1.807, 2.05) is 0 Å². The van der Waals surface area contributed by atoms with E-state index in [1.165, 1.54) is 0 Å². The molecule has 1 aliphatic rings. The van der Waals surface area contributed by atoms with Gasteiger partial charge < -0.3 is 10.2 Å². The van der Waals surface area contributed by atoms with Gasteiger partial charge in [0.15, 0.2) is 0 Å². The van der Waals surface area contributed by atoms with Gasteiger partial charge >= 0.3 is 0 Å². The van der Waals surface area contributed by atoms with Crippen LogP contribution in [0, 0.1) is 0 Å². The van der Waals surface area contributed by atoms with E-state index in [0.29, 0.717) is 23.6 Å². The Hall–Kier alpha value is -1.07. The molecule has 1 heterocycles. The molecule has 1 aliphatic heterocycles. The van der Waals surface area contributed by atoms with Crippen LogP contribution in [-0.4, -0.2) is 36.3 Å². The highest BCUT2D eigenvalue weighted by atomic mass is 79.9. The summed E-state index contributed by atoms with van der Waals surface area (Å²) in [6.07, 6.45) is 2.58. The van der Waals surface area contributed by atoms with Crippen LogP contribution in [0.5, 0.6) is 0 Å². The number of nitrogens with one attached hydrogen (secondary N) is 1. The monoisotopic (exact) mass is 358 g/mol. The molecular weight excluding hydrogens is 344 g/mol. The standard InChI is InChI=1S/C14H16BrClN2O2/c1-17-13(19)12-4-2-3-5-18(12)14(20)9-6-10(15)8-11(16)7-9/h6-8,12H,2-5H2,1H3,(H,17,19). The van der Waals surface area contributed by atoms with Crippen molar-refractivity contribution in [3.05, 3.63) is 33.3 Å². The fourth-order valence-electron chi connectivity index (χ4n) is 2.46. The van der Waals surface area contributed by atoms with Crippen molar-refractivity contribution >= 4 is 39.3 Å². The lowest BCUT2D eigenvalue weighted by atomic mass is 10.00. The van der Waals surface area contributed by atoms with E-state index in [9.17, 15) is 9.59 Å². The van der Waals surface area contributed by atoms with Crippen molar-refractivity contribution in [2.75, 3.05) is 13.6 Å². The van der Waals surface area contributed by atoms with Gasteiger partial charge in [0.1, 0.15) is 6.04 Å². The maximum absolute atomic E-state index is 12.6. The number of nitrogens with zero attached hydrogens (tertiary/aromatic N) is 1. The van der Waals surface area contributed by atoms with Crippen molar-refractivity contribution in [1.82, 2.24) is 10.2 Å². The molecule has 2 amide bonds. The molecule has 1 aromatic rings. The Morgan fingerprint density at radius 3 is 2.75 bits per heavy atom. The minimum absolute atomic E-state index is 0.112. The Labute approximate surface area is 131 Å². The first-order valence-electron chi connectivity index (χ1n) is 6.51. The number of benzene rings is 1. The Morgan fingerprint density at radius 2 is 2.10 bits per heavy atom. The van der Waals surface area contributed by atoms with Gasteiger partial charge in [-0.1, -0.05) is 27.5 Å². The summed E-state index contributed by atoms with van der Waals surface area (Å²) in [4.78, 5) is 26.1. The zero-order chi connectivity index (χ0) is 14.7. The van der Waals surface area contributed by atoms with Crippen molar-refractivity contribution in [1.29, 1.82) is 0 Å². The van der Waals surface area contributed by atoms with E-state index in [-0.39, 0.29) is 17.9 Å². The second-order valence-corrected chi connectivity index (χ2v) is 6.13. The van der Waals surface area contributed by atoms with Gasteiger partial charge in [-0.25, -0.2) is 0 Å². The molecule has 0 spiro atoms. The number of likely N-dealkylation sites (N-methyl/N-ethyl adjacent to an activating group) is 1. The SMILES string of the molecule is CNC(=O)C1CCCCN1C(=O)c1cc(Cl)cc(Br)c1. The first-order chi connectivity index (χ1) is 9.52. The zero-order valence-electron chi connectivity index (χ0n) is 11.2. The van der Waals surface area contributed by atoms with E-state index in [4.69, 9.17) is 11.6 Å². The summed E-state index contributed by atoms with van der Waals surface area (Å²) in [5, 5.41) is 3.12. The summed E-state index contributed by atoms with van der Waals surface area (Å²) in [7, 11) is 1.59. The highest BCUT2D eigenvalue weighted by Gasteiger charge is 2.32. The molecule has 1 saturated heterocycles. The van der Waals surface area contributed by atoms with Crippen LogP contribution in [-0.2, 0) is 4.79 Å². The summed E-state index contributed by atoms with van der Waals surface area (Å²) in [5.74, 6) is -0.263. The number of halogens is 2. The summed E-state index contributed by atoms with van der Waals surface area (Å²) in [5.41, 5.74) is 0.500. The molecule has 4 nitrogen and oxygen atoms in total. The van der Waals surface area contributed by atoms with Gasteiger partial charge in [0, 0.05) is 28.7 Å². The molecule has 0 bridgehead atoms. The van der Waals surface area contributed by atoms with Crippen LogP contribution in [0.1, 0.15) is 29.6 Å². The van der Waals surface area contributed by atoms with Crippen LogP contribution in [0.2, 0.25) is 5.02 Å². The van der Waals surface area contributed by atoms with Crippen molar-refractivity contribution in [2.45, 2.75) is 25.3 Å². The van der Waals surface area contributed by atoms with Gasteiger partial charge in [0.25, 0.3) is 5.91 Å². The summed E-state index contributed by atoms with van der Waals surface area (Å²) >= 11 is 9.31. The van der Waals surface area contributed by atoms with E-state index >= 15 is 0 Å². The number of rotatable bonds is 2. The normalized spacial score (nSPS) is 18.8. The van der Waals surface area contributed by atoms with Gasteiger partial charge in [-0.2, -0.15) is 0 Å². The highest BCUT2D eigenvalue weighted by Crippen LogP contribution is 2.24. The molecule has 0 aliphatic carbocycles. The fourth-order valence-corrected chi connectivity index (χ4v) is 3.32. The largest absolute Gasteiger partial charge is 0.357 e. The minimum atomic E-state index is -0.390. The predicted octanol–water partition coefficient (Wildman–Crippen LogP) is 2.84. The van der Waals surface area contributed by atoms with Gasteiger partial charge in [0.05, 0.1) is 0 Å². The molecule has 6 heteroatoms. The number of hydrogen-bond acceptors (Lipinski definition) is 2. The van der Waals surface area contributed by atoms with Crippen molar-refractivity contribution < 1.29 is 9.59 Å². The van der Waals surface area contributed by atoms with Crippen LogP contribution >= 0.6 is 27.5 Å². The first-order valence-corrected chi connectivity index (χ1v) is 7.68. The van der Waals surface area contributed by atoms with Gasteiger partial charge in [-0.05, 0) is 37.5 Å². The summed E-state index contributed by atoms with van der Waals surface area (Å²) in [6, 6.07) is 4.69. The van der Waals surface area contributed by atoms with Gasteiger partial charge in [-0.3, -0.25) is 9.59 Å². The molecule has 1 unspecified atom stereocenters. The second-order valence-electron chi connectivity index (χ2n) is 4.78. The lowest BCUT2D eigenvalue weighted by Gasteiger charge is -2.34. The van der Waals surface area contributed by atoms with Crippen LogP contribution in [0.4, 0.5) is 0 Å². The number of likely N-dealkylation sites (tertiary alicyclic amines) is 1. The summed E-state index contributed by atoms with van der Waals surface area (Å²) in [6.45, 7) is 0.598. The quantitative estimate of drug-likeness (QED) is 0.883. The molecule has 108 valence electrons. The predicted molar refractivity (Wildman–Crippen MR) is 81.9 cm³/mol. The molecule has 2 rings (SSSR count). The average Bonchev–Trinajstić information content (AvgIpc) is 2.44. The molecule has 0 aromatic heterocycles. The first kappa shape index (κ1) is 15.3. The molecule has 20 heavy (non-hydrogen) atoms. The lowest BCUT2D eigenvalue weighted by molar-refractivity contribution is -0.126. The average molecular weight is 360 g/mol. The topological polar surface area (TPSA) is 49.4 Å². The van der Waals surface area contributed by atoms with Crippen LogP contribution in [0.3, 0.4) is 0 Å². The Bertz CT molecular complexity index is 516. The molecule has 1 aromatic carbocycles. The Morgan fingerprint density at radius 1 is 1.35 bits per heavy atom. The van der Waals surface area contributed by atoms with Crippen LogP contribution in [0.15, 0.2) is 22.7 Å². The van der Waals surface area contributed by atoms with Gasteiger partial charge in [0.2, 0.25) is 5.91 Å². The molecule has 0 saturated carbocycles. The molecular formula is C14H16BrClN2O2. The Balaban J connectivity index is 2.27. The second kappa shape index (κ2) is 6.59. The summed E-state index contributed by atoms with van der Waals surface area (Å²) < 4.78 is 0.752. The third kappa shape index (κ3) is 3.33. The van der Waals surface area contributed by atoms with E-state index < -0.39 is 0 Å². The molecule has 1 atom stereocenters. The Kier molecular flexibility index (Phi) is 5.05. The maximum atomic E-state index is 12.6. The number of piperidine rings is 1. The van der Waals surface area contributed by atoms with E-state index in [1.54, 1.807) is 30.1 Å². The molecule has 1 fully saturated rings. The molecule has 1 N–H and O–H groups in total. The number of carbonyl (C=O) groups excluding carboxylic acids is 2. The van der Waals surface area contributed by atoms with E-state index in [0.717, 1.165) is 17.3 Å². The zero-order valence-corrected chi connectivity index (χ0v) is 13.5. The number of hydrogen-bond donors (Lipinski definition) is 1. The minimum Gasteiger partial charge on any atom is -0.357 e. The maximum Gasteiger partial charge on any atom is 0.254 e. The van der Waals surface area contributed by atoms with Crippen LogP contribution < -0.4 is 5.32 Å². The van der Waals surface area contributed by atoms with Crippen molar-refractivity contribution in [2.24, 2.45) is 0 Å². The lowest BCUT2D eigenvalue weighted by Crippen LogP contribution is -2.51. The highest BCUT2D eigenvalue weighted by molar-refractivity contribution is 9.10. The van der Waals surface area contributed by atoms with Crippen molar-refractivity contribution in [3.63, 3.8) is 0 Å². The third-order valence-electron chi connectivity index (χ3n) is 3.42. The smallest absolute Gasteiger partial charge is 0.254 e. The van der Waals surface area contributed by atoms with Crippen molar-refractivity contribution in [3.8, 4) is 0 Å². The third-order valence-corrected chi connectivity index (χ3v) is 4.10. The van der Waals surface area contributed by atoms with Gasteiger partial charge in [-0.15, -0.1) is 0 Å².